The van der Waals surface area contributed by atoms with Gasteiger partial charge in [-0.15, -0.1) is 8.19 Å². The quantitative estimate of drug-likeness (QED) is 0.755. The maximum absolute atomic E-state index is 4.20. The van der Waals surface area contributed by atoms with Crippen LogP contribution in [-0.4, -0.2) is 9.78 Å². The van der Waals surface area contributed by atoms with Crippen molar-refractivity contribution in [2.75, 3.05) is 0 Å². The van der Waals surface area contributed by atoms with Gasteiger partial charge in [-0.3, -0.25) is 4.68 Å². The van der Waals surface area contributed by atoms with E-state index in [2.05, 4.69) is 24.7 Å². The third-order valence-corrected chi connectivity index (χ3v) is 4.21. The Morgan fingerprint density at radius 1 is 1.43 bits per heavy atom. The van der Waals surface area contributed by atoms with Gasteiger partial charge in [-0.25, -0.2) is 0 Å². The first-order valence-corrected chi connectivity index (χ1v) is 5.96. The van der Waals surface area contributed by atoms with E-state index in [0.717, 1.165) is 21.2 Å². The van der Waals surface area contributed by atoms with Crippen molar-refractivity contribution in [3.63, 3.8) is 0 Å². The maximum atomic E-state index is 4.20. The first-order chi connectivity index (χ1) is 6.77. The van der Waals surface area contributed by atoms with Crippen LogP contribution in [0.1, 0.15) is 16.4 Å². The molecule has 0 aliphatic heterocycles. The van der Waals surface area contributed by atoms with Gasteiger partial charge < -0.3 is 0 Å². The molecule has 0 fully saturated rings. The second kappa shape index (κ2) is 4.02. The molecule has 0 bridgehead atoms. The highest BCUT2D eigenvalue weighted by molar-refractivity contribution is 7.30. The normalized spacial score (nSPS) is 11.3. The molecule has 0 aromatic carbocycles. The maximum Gasteiger partial charge on any atom is 0.0489 e. The summed E-state index contributed by atoms with van der Waals surface area (Å²) in [6, 6.07) is 1.97. The highest BCUT2D eigenvalue weighted by Crippen LogP contribution is 2.25. The number of hydrogen-bond donors (Lipinski definition) is 0. The van der Waals surface area contributed by atoms with Crippen LogP contribution in [0.3, 0.4) is 0 Å². The number of aromatic nitrogens is 2. The molecule has 0 radical (unpaired) electrons. The van der Waals surface area contributed by atoms with Crippen molar-refractivity contribution in [2.45, 2.75) is 26.8 Å². The van der Waals surface area contributed by atoms with Gasteiger partial charge in [0.1, 0.15) is 0 Å². The standard InChI is InChI=1S/C11H15N2P/c1-9-8-14-11(10(9)2)4-7-13-6-3-5-12-13/h3,5-6,8,14H,4,7H2,1-2H3. The highest BCUT2D eigenvalue weighted by atomic mass is 31.0. The molecule has 1 atom stereocenters. The van der Waals surface area contributed by atoms with Gasteiger partial charge in [0.2, 0.25) is 0 Å². The minimum Gasteiger partial charge on any atom is -0.272 e. The molecule has 74 valence electrons. The van der Waals surface area contributed by atoms with Gasteiger partial charge in [0.25, 0.3) is 0 Å². The molecular formula is C11H15N2P. The topological polar surface area (TPSA) is 17.8 Å². The van der Waals surface area contributed by atoms with Crippen LogP contribution in [0.25, 0.3) is 0 Å². The summed E-state index contributed by atoms with van der Waals surface area (Å²) >= 11 is 0. The molecule has 0 N–H and O–H groups in total. The fraction of sp³-hybridized carbons (Fsp3) is 0.364. The molecule has 0 aliphatic carbocycles. The summed E-state index contributed by atoms with van der Waals surface area (Å²) in [5.41, 5.74) is 2.95. The van der Waals surface area contributed by atoms with Gasteiger partial charge in [-0.05, 0) is 48.6 Å². The van der Waals surface area contributed by atoms with Crippen LogP contribution in [0, 0.1) is 13.8 Å². The zero-order valence-electron chi connectivity index (χ0n) is 8.62. The summed E-state index contributed by atoms with van der Waals surface area (Å²) < 4.78 is 2.00. The lowest BCUT2D eigenvalue weighted by molar-refractivity contribution is 0.617. The average molecular weight is 206 g/mol. The predicted octanol–water partition coefficient (Wildman–Crippen LogP) is 2.77. The predicted molar refractivity (Wildman–Crippen MR) is 61.3 cm³/mol. The third kappa shape index (κ3) is 1.91. The van der Waals surface area contributed by atoms with Crippen LogP contribution >= 0.6 is 8.19 Å². The molecule has 3 heteroatoms. The molecule has 0 saturated carbocycles. The van der Waals surface area contributed by atoms with Crippen molar-refractivity contribution in [1.29, 1.82) is 0 Å². The first kappa shape index (κ1) is 9.54. The molecule has 0 spiro atoms. The lowest BCUT2D eigenvalue weighted by atomic mass is 10.1. The lowest BCUT2D eigenvalue weighted by Crippen LogP contribution is -2.00. The number of hydrogen-bond acceptors (Lipinski definition) is 1. The van der Waals surface area contributed by atoms with Crippen LogP contribution in [0.2, 0.25) is 0 Å². The fourth-order valence-electron chi connectivity index (χ4n) is 1.57. The highest BCUT2D eigenvalue weighted by Gasteiger charge is 2.02. The van der Waals surface area contributed by atoms with E-state index in [1.165, 1.54) is 11.1 Å². The SMILES string of the molecule is Cc1c[pH]c(CCn2cccn2)c1C. The van der Waals surface area contributed by atoms with E-state index in [1.54, 1.807) is 5.30 Å². The van der Waals surface area contributed by atoms with Gasteiger partial charge in [0.15, 0.2) is 0 Å². The number of nitrogens with zero attached hydrogens (tertiary/aromatic N) is 2. The molecule has 0 aliphatic rings. The monoisotopic (exact) mass is 206 g/mol. The molecule has 0 amide bonds. The van der Waals surface area contributed by atoms with Gasteiger partial charge in [0.05, 0.1) is 0 Å². The minimum atomic E-state index is 0.898. The molecule has 2 heterocycles. The average Bonchev–Trinajstić information content (AvgIpc) is 2.77. The van der Waals surface area contributed by atoms with Crippen molar-refractivity contribution in [3.8, 4) is 0 Å². The smallest absolute Gasteiger partial charge is 0.0489 e. The fourth-order valence-corrected chi connectivity index (χ4v) is 2.85. The summed E-state index contributed by atoms with van der Waals surface area (Å²) in [7, 11) is 0.898. The molecule has 1 unspecified atom stereocenters. The molecule has 2 rings (SSSR count). The van der Waals surface area contributed by atoms with Crippen LogP contribution in [-0.2, 0) is 13.0 Å². The van der Waals surface area contributed by atoms with Crippen LogP contribution in [0.5, 0.6) is 0 Å². The van der Waals surface area contributed by atoms with Crippen LogP contribution < -0.4 is 0 Å². The van der Waals surface area contributed by atoms with Crippen molar-refractivity contribution in [1.82, 2.24) is 9.78 Å². The van der Waals surface area contributed by atoms with Gasteiger partial charge in [0, 0.05) is 18.9 Å². The Morgan fingerprint density at radius 3 is 2.86 bits per heavy atom. The summed E-state index contributed by atoms with van der Waals surface area (Å²) in [5, 5.41) is 5.80. The summed E-state index contributed by atoms with van der Waals surface area (Å²) in [4.78, 5) is 0. The van der Waals surface area contributed by atoms with Gasteiger partial charge in [-0.2, -0.15) is 5.10 Å². The Kier molecular flexibility index (Phi) is 2.74. The Morgan fingerprint density at radius 2 is 2.29 bits per heavy atom. The molecular weight excluding hydrogens is 191 g/mol. The van der Waals surface area contributed by atoms with Crippen LogP contribution in [0.4, 0.5) is 0 Å². The lowest BCUT2D eigenvalue weighted by Gasteiger charge is -2.01. The molecule has 14 heavy (non-hydrogen) atoms. The van der Waals surface area contributed by atoms with E-state index in [4.69, 9.17) is 0 Å². The summed E-state index contributed by atoms with van der Waals surface area (Å²) in [6.07, 6.45) is 5.00. The van der Waals surface area contributed by atoms with Crippen molar-refractivity contribution in [2.24, 2.45) is 0 Å². The van der Waals surface area contributed by atoms with Gasteiger partial charge >= 0.3 is 0 Å². The van der Waals surface area contributed by atoms with Crippen molar-refractivity contribution >= 4 is 8.19 Å². The zero-order valence-corrected chi connectivity index (χ0v) is 9.62. The Hall–Kier alpha value is -1.01. The summed E-state index contributed by atoms with van der Waals surface area (Å²) in [5.74, 6) is 2.34. The van der Waals surface area contributed by atoms with E-state index in [-0.39, 0.29) is 0 Å². The van der Waals surface area contributed by atoms with Gasteiger partial charge in [-0.1, -0.05) is 0 Å². The molecule has 2 nitrogen and oxygen atoms in total. The Balaban J connectivity index is 2.02. The Labute approximate surface area is 86.0 Å². The van der Waals surface area contributed by atoms with E-state index in [1.807, 2.05) is 23.1 Å². The van der Waals surface area contributed by atoms with E-state index >= 15 is 0 Å². The summed E-state index contributed by atoms with van der Waals surface area (Å²) in [6.45, 7) is 5.43. The zero-order chi connectivity index (χ0) is 9.97. The number of aryl methyl sites for hydroxylation is 3. The second-order valence-electron chi connectivity index (χ2n) is 3.59. The number of rotatable bonds is 3. The largest absolute Gasteiger partial charge is 0.272 e. The molecule has 0 saturated heterocycles. The molecule has 2 aromatic rings. The van der Waals surface area contributed by atoms with Crippen LogP contribution in [0.15, 0.2) is 24.3 Å². The van der Waals surface area contributed by atoms with Crippen molar-refractivity contribution < 1.29 is 0 Å². The minimum absolute atomic E-state index is 0.898. The van der Waals surface area contributed by atoms with E-state index < -0.39 is 0 Å². The first-order valence-electron chi connectivity index (χ1n) is 4.88. The Bertz CT molecular complexity index is 401. The molecule has 2 aromatic heterocycles. The van der Waals surface area contributed by atoms with E-state index in [9.17, 15) is 0 Å². The second-order valence-corrected chi connectivity index (χ2v) is 4.78. The third-order valence-electron chi connectivity index (χ3n) is 2.66. The van der Waals surface area contributed by atoms with Crippen molar-refractivity contribution in [3.05, 3.63) is 40.7 Å². The van der Waals surface area contributed by atoms with E-state index in [0.29, 0.717) is 0 Å².